The maximum Gasteiger partial charge on any atom is 0.338 e. The Kier molecular flexibility index (Phi) is 6.80. The van der Waals surface area contributed by atoms with Crippen molar-refractivity contribution in [2.45, 2.75) is 13.3 Å². The number of halogens is 1. The summed E-state index contributed by atoms with van der Waals surface area (Å²) >= 11 is 1.60. The van der Waals surface area contributed by atoms with Gasteiger partial charge < -0.3 is 10.1 Å². The molecule has 5 nitrogen and oxygen atoms in total. The first-order valence-corrected chi connectivity index (χ1v) is 9.96. The van der Waals surface area contributed by atoms with Gasteiger partial charge in [-0.2, -0.15) is 0 Å². The van der Waals surface area contributed by atoms with Crippen molar-refractivity contribution < 1.29 is 9.53 Å². The molecule has 0 atom stereocenters. The van der Waals surface area contributed by atoms with Gasteiger partial charge in [0, 0.05) is 16.6 Å². The number of thiophene rings is 1. The Hall–Kier alpha value is -2.96. The third kappa shape index (κ3) is 4.55. The van der Waals surface area contributed by atoms with Crippen LogP contribution in [0.3, 0.4) is 0 Å². The number of esters is 1. The molecule has 2 heterocycles. The Balaban J connectivity index is 0.00000240. The molecule has 0 radical (unpaired) electrons. The lowest BCUT2D eigenvalue weighted by Crippen LogP contribution is -2.05. The molecule has 7 heteroatoms. The van der Waals surface area contributed by atoms with Crippen molar-refractivity contribution in [2.24, 2.45) is 0 Å². The molecule has 0 saturated carbocycles. The summed E-state index contributed by atoms with van der Waals surface area (Å²) in [6.45, 7) is 2.40. The second kappa shape index (κ2) is 9.49. The molecule has 0 saturated heterocycles. The van der Waals surface area contributed by atoms with Crippen LogP contribution >= 0.6 is 23.7 Å². The molecule has 0 fully saturated rings. The van der Waals surface area contributed by atoms with Gasteiger partial charge in [0.1, 0.15) is 17.0 Å². The van der Waals surface area contributed by atoms with E-state index in [1.54, 1.807) is 29.8 Å². The van der Waals surface area contributed by atoms with E-state index in [2.05, 4.69) is 32.8 Å². The molecule has 0 amide bonds. The minimum atomic E-state index is -0.304. The van der Waals surface area contributed by atoms with Crippen molar-refractivity contribution in [1.29, 1.82) is 0 Å². The van der Waals surface area contributed by atoms with E-state index in [1.807, 2.05) is 37.3 Å². The standard InChI is InChI=1S/C22H19N3O2S.ClH/c1-2-12-27-22(26)16-8-10-17(11-9-16)25-20-19-18(15-6-4-3-5-7-15)13-28-21(19)24-14-23-20;/h3-11,13-14H,2,12H2,1H3,(H,23,24,25);1H. The van der Waals surface area contributed by atoms with Crippen LogP contribution in [0.2, 0.25) is 0 Å². The van der Waals surface area contributed by atoms with Gasteiger partial charge in [0.25, 0.3) is 0 Å². The number of fused-ring (bicyclic) bond motifs is 1. The third-order valence-electron chi connectivity index (χ3n) is 4.28. The van der Waals surface area contributed by atoms with Gasteiger partial charge >= 0.3 is 5.97 Å². The Labute approximate surface area is 179 Å². The SMILES string of the molecule is CCCOC(=O)c1ccc(Nc2ncnc3scc(-c4ccccc4)c23)cc1.Cl. The lowest BCUT2D eigenvalue weighted by molar-refractivity contribution is 0.0505. The van der Waals surface area contributed by atoms with Crippen LogP contribution in [0.15, 0.2) is 66.3 Å². The summed E-state index contributed by atoms with van der Waals surface area (Å²) in [7, 11) is 0. The predicted molar refractivity (Wildman–Crippen MR) is 120 cm³/mol. The zero-order chi connectivity index (χ0) is 19.3. The highest BCUT2D eigenvalue weighted by Crippen LogP contribution is 2.37. The minimum absolute atomic E-state index is 0. The first-order valence-electron chi connectivity index (χ1n) is 9.08. The normalized spacial score (nSPS) is 10.4. The zero-order valence-corrected chi connectivity index (χ0v) is 17.4. The van der Waals surface area contributed by atoms with Gasteiger partial charge in [-0.25, -0.2) is 14.8 Å². The predicted octanol–water partition coefficient (Wildman–Crippen LogP) is 6.09. The molecule has 4 rings (SSSR count). The fourth-order valence-electron chi connectivity index (χ4n) is 2.90. The van der Waals surface area contributed by atoms with Crippen LogP contribution in [0.25, 0.3) is 21.3 Å². The number of hydrogen-bond acceptors (Lipinski definition) is 6. The van der Waals surface area contributed by atoms with E-state index in [9.17, 15) is 4.79 Å². The molecule has 4 aromatic rings. The first kappa shape index (κ1) is 20.8. The maximum atomic E-state index is 12.0. The molecule has 1 N–H and O–H groups in total. The third-order valence-corrected chi connectivity index (χ3v) is 5.16. The summed E-state index contributed by atoms with van der Waals surface area (Å²) in [5.74, 6) is 0.438. The van der Waals surface area contributed by atoms with Crippen molar-refractivity contribution in [2.75, 3.05) is 11.9 Å². The Bertz CT molecular complexity index is 1100. The number of nitrogens with zero attached hydrogens (tertiary/aromatic N) is 2. The molecule has 0 bridgehead atoms. The number of hydrogen-bond donors (Lipinski definition) is 1. The molecule has 0 unspecified atom stereocenters. The van der Waals surface area contributed by atoms with Crippen LogP contribution in [0.5, 0.6) is 0 Å². The first-order chi connectivity index (χ1) is 13.8. The van der Waals surface area contributed by atoms with Gasteiger partial charge in [0.05, 0.1) is 17.6 Å². The van der Waals surface area contributed by atoms with Gasteiger partial charge in [-0.1, -0.05) is 37.3 Å². The summed E-state index contributed by atoms with van der Waals surface area (Å²) in [4.78, 5) is 21.7. The second-order valence-corrected chi connectivity index (χ2v) is 7.11. The number of rotatable bonds is 6. The maximum absolute atomic E-state index is 12.0. The Morgan fingerprint density at radius 1 is 1.07 bits per heavy atom. The van der Waals surface area contributed by atoms with Gasteiger partial charge in [-0.15, -0.1) is 23.7 Å². The average molecular weight is 426 g/mol. The van der Waals surface area contributed by atoms with Crippen molar-refractivity contribution in [3.8, 4) is 11.1 Å². The van der Waals surface area contributed by atoms with E-state index >= 15 is 0 Å². The summed E-state index contributed by atoms with van der Waals surface area (Å²) in [6, 6.07) is 17.4. The summed E-state index contributed by atoms with van der Waals surface area (Å²) in [6.07, 6.45) is 2.37. The highest BCUT2D eigenvalue weighted by atomic mass is 35.5. The van der Waals surface area contributed by atoms with E-state index in [1.165, 1.54) is 0 Å². The quantitative estimate of drug-likeness (QED) is 0.378. The summed E-state index contributed by atoms with van der Waals surface area (Å²) in [5.41, 5.74) is 3.61. The molecule has 2 aromatic heterocycles. The van der Waals surface area contributed by atoms with Crippen molar-refractivity contribution in [3.63, 3.8) is 0 Å². The van der Waals surface area contributed by atoms with E-state index in [4.69, 9.17) is 4.74 Å². The van der Waals surface area contributed by atoms with Crippen LogP contribution in [-0.2, 0) is 4.74 Å². The summed E-state index contributed by atoms with van der Waals surface area (Å²) < 4.78 is 5.17. The fraction of sp³-hybridized carbons (Fsp3) is 0.136. The highest BCUT2D eigenvalue weighted by Gasteiger charge is 2.13. The topological polar surface area (TPSA) is 64.1 Å². The molecular formula is C22H20ClN3O2S. The highest BCUT2D eigenvalue weighted by molar-refractivity contribution is 7.17. The second-order valence-electron chi connectivity index (χ2n) is 6.26. The number of ether oxygens (including phenoxy) is 1. The molecule has 148 valence electrons. The molecule has 0 aliphatic carbocycles. The number of carbonyl (C=O) groups excluding carboxylic acids is 1. The van der Waals surface area contributed by atoms with Crippen molar-refractivity contribution in [3.05, 3.63) is 71.9 Å². The van der Waals surface area contributed by atoms with Gasteiger partial charge in [-0.05, 0) is 36.2 Å². The van der Waals surface area contributed by atoms with Crippen molar-refractivity contribution >= 4 is 51.4 Å². The van der Waals surface area contributed by atoms with Gasteiger partial charge in [0.15, 0.2) is 0 Å². The Morgan fingerprint density at radius 2 is 1.83 bits per heavy atom. The number of anilines is 2. The lowest BCUT2D eigenvalue weighted by Gasteiger charge is -2.09. The van der Waals surface area contributed by atoms with Crippen LogP contribution in [0, 0.1) is 0 Å². The van der Waals surface area contributed by atoms with Gasteiger partial charge in [-0.3, -0.25) is 0 Å². The van der Waals surface area contributed by atoms with Crippen LogP contribution in [-0.4, -0.2) is 22.5 Å². The van der Waals surface area contributed by atoms with E-state index in [0.717, 1.165) is 39.3 Å². The molecule has 0 aliphatic rings. The van der Waals surface area contributed by atoms with E-state index in [-0.39, 0.29) is 18.4 Å². The zero-order valence-electron chi connectivity index (χ0n) is 15.8. The molecular weight excluding hydrogens is 406 g/mol. The van der Waals surface area contributed by atoms with E-state index < -0.39 is 0 Å². The molecule has 0 spiro atoms. The van der Waals surface area contributed by atoms with Crippen LogP contribution in [0.4, 0.5) is 11.5 Å². The molecule has 0 aliphatic heterocycles. The number of nitrogens with one attached hydrogen (secondary N) is 1. The smallest absolute Gasteiger partial charge is 0.338 e. The number of aromatic nitrogens is 2. The average Bonchev–Trinajstić information content (AvgIpc) is 3.18. The minimum Gasteiger partial charge on any atom is -0.462 e. The fourth-order valence-corrected chi connectivity index (χ4v) is 3.82. The van der Waals surface area contributed by atoms with Crippen LogP contribution < -0.4 is 5.32 Å². The lowest BCUT2D eigenvalue weighted by atomic mass is 10.1. The number of carbonyl (C=O) groups is 1. The van der Waals surface area contributed by atoms with Crippen LogP contribution in [0.1, 0.15) is 23.7 Å². The Morgan fingerprint density at radius 3 is 2.55 bits per heavy atom. The van der Waals surface area contributed by atoms with E-state index in [0.29, 0.717) is 12.2 Å². The van der Waals surface area contributed by atoms with Gasteiger partial charge in [0.2, 0.25) is 0 Å². The molecule has 2 aromatic carbocycles. The monoisotopic (exact) mass is 425 g/mol. The molecule has 29 heavy (non-hydrogen) atoms. The number of benzene rings is 2. The summed E-state index contributed by atoms with van der Waals surface area (Å²) in [5, 5.41) is 6.45. The van der Waals surface area contributed by atoms with Crippen molar-refractivity contribution in [1.82, 2.24) is 9.97 Å². The largest absolute Gasteiger partial charge is 0.462 e.